The lowest BCUT2D eigenvalue weighted by Gasteiger charge is -2.40. The van der Waals surface area contributed by atoms with E-state index >= 15 is 0 Å². The second-order valence-electron chi connectivity index (χ2n) is 6.22. The maximum Gasteiger partial charge on any atom is 0.317 e. The van der Waals surface area contributed by atoms with E-state index in [9.17, 15) is 9.90 Å². The van der Waals surface area contributed by atoms with Crippen molar-refractivity contribution in [1.29, 1.82) is 0 Å². The summed E-state index contributed by atoms with van der Waals surface area (Å²) in [6.07, 6.45) is 2.69. The third-order valence-corrected chi connectivity index (χ3v) is 5.16. The molecule has 2 rings (SSSR count). The minimum Gasteiger partial charge on any atom is -0.396 e. The molecule has 22 heavy (non-hydrogen) atoms. The molecule has 1 aromatic carbocycles. The van der Waals surface area contributed by atoms with Gasteiger partial charge >= 0.3 is 6.03 Å². The number of hydrogen-bond donors (Lipinski definition) is 2. The number of nitrogens with one attached hydrogen (secondary N) is 1. The molecule has 0 saturated carbocycles. The number of piperidine rings is 1. The van der Waals surface area contributed by atoms with Gasteiger partial charge in [-0.1, -0.05) is 30.7 Å². The van der Waals surface area contributed by atoms with Gasteiger partial charge in [0.05, 0.1) is 6.04 Å². The second-order valence-corrected chi connectivity index (χ2v) is 6.66. The van der Waals surface area contributed by atoms with Gasteiger partial charge in [-0.3, -0.25) is 0 Å². The van der Waals surface area contributed by atoms with Crippen LogP contribution in [-0.2, 0) is 0 Å². The summed E-state index contributed by atoms with van der Waals surface area (Å²) in [5, 5.41) is 13.3. The van der Waals surface area contributed by atoms with Gasteiger partial charge in [0, 0.05) is 24.7 Å². The number of amides is 2. The maximum atomic E-state index is 12.4. The van der Waals surface area contributed by atoms with E-state index in [0.29, 0.717) is 18.1 Å². The molecule has 1 aliphatic rings. The molecule has 2 N–H and O–H groups in total. The van der Waals surface area contributed by atoms with Gasteiger partial charge in [-0.05, 0) is 49.3 Å². The zero-order valence-corrected chi connectivity index (χ0v) is 14.1. The first kappa shape index (κ1) is 17.1. The number of aliphatic hydroxyl groups excluding tert-OH is 1. The van der Waals surface area contributed by atoms with E-state index in [4.69, 9.17) is 11.6 Å². The Morgan fingerprint density at radius 1 is 1.36 bits per heavy atom. The molecule has 2 amide bonds. The van der Waals surface area contributed by atoms with E-state index in [-0.39, 0.29) is 24.1 Å². The molecular weight excluding hydrogens is 300 g/mol. The van der Waals surface area contributed by atoms with Crippen LogP contribution in [0.5, 0.6) is 0 Å². The van der Waals surface area contributed by atoms with E-state index in [1.165, 1.54) is 0 Å². The molecule has 1 saturated heterocycles. The quantitative estimate of drug-likeness (QED) is 0.889. The van der Waals surface area contributed by atoms with E-state index in [1.807, 2.05) is 36.1 Å². The van der Waals surface area contributed by atoms with Crippen LogP contribution in [0.1, 0.15) is 44.7 Å². The van der Waals surface area contributed by atoms with Crippen LogP contribution in [0.3, 0.4) is 0 Å². The monoisotopic (exact) mass is 324 g/mol. The molecule has 122 valence electrons. The van der Waals surface area contributed by atoms with Crippen LogP contribution in [0.2, 0.25) is 5.02 Å². The van der Waals surface area contributed by atoms with E-state index in [1.54, 1.807) is 0 Å². The summed E-state index contributed by atoms with van der Waals surface area (Å²) in [6, 6.07) is 7.43. The highest BCUT2D eigenvalue weighted by atomic mass is 35.5. The number of aliphatic hydroxyl groups is 1. The zero-order chi connectivity index (χ0) is 16.2. The van der Waals surface area contributed by atoms with E-state index in [0.717, 1.165) is 24.8 Å². The predicted octanol–water partition coefficient (Wildman–Crippen LogP) is 3.60. The van der Waals surface area contributed by atoms with E-state index < -0.39 is 0 Å². The number of carbonyl (C=O) groups is 1. The molecular formula is C17H25ClN2O2. The number of likely N-dealkylation sites (tertiary alicyclic amines) is 1. The van der Waals surface area contributed by atoms with Gasteiger partial charge in [-0.25, -0.2) is 4.79 Å². The molecule has 1 aromatic rings. The van der Waals surface area contributed by atoms with Crippen LogP contribution < -0.4 is 5.32 Å². The molecule has 4 nitrogen and oxygen atoms in total. The van der Waals surface area contributed by atoms with Gasteiger partial charge in [-0.2, -0.15) is 0 Å². The summed E-state index contributed by atoms with van der Waals surface area (Å²) >= 11 is 5.88. The van der Waals surface area contributed by atoms with Gasteiger partial charge in [0.25, 0.3) is 0 Å². The molecule has 1 atom stereocenters. The van der Waals surface area contributed by atoms with Gasteiger partial charge in [0.2, 0.25) is 0 Å². The third kappa shape index (κ3) is 3.93. The molecule has 1 unspecified atom stereocenters. The van der Waals surface area contributed by atoms with Crippen LogP contribution in [0.15, 0.2) is 24.3 Å². The number of benzene rings is 1. The Labute approximate surface area is 137 Å². The molecule has 0 spiro atoms. The maximum absolute atomic E-state index is 12.4. The molecule has 1 fully saturated rings. The lowest BCUT2D eigenvalue weighted by atomic mass is 9.77. The highest BCUT2D eigenvalue weighted by Gasteiger charge is 2.34. The summed E-state index contributed by atoms with van der Waals surface area (Å²) < 4.78 is 0. The van der Waals surface area contributed by atoms with Crippen LogP contribution >= 0.6 is 11.6 Å². The third-order valence-electron chi connectivity index (χ3n) is 4.91. The zero-order valence-electron chi connectivity index (χ0n) is 13.3. The van der Waals surface area contributed by atoms with Gasteiger partial charge in [0.1, 0.15) is 0 Å². The van der Waals surface area contributed by atoms with Crippen molar-refractivity contribution in [2.24, 2.45) is 5.41 Å². The molecule has 0 bridgehead atoms. The number of hydrogen-bond acceptors (Lipinski definition) is 2. The largest absolute Gasteiger partial charge is 0.396 e. The normalized spacial score (nSPS) is 18.8. The SMILES string of the molecule is CCC1(CO)CCN(C(=O)NC(C)c2ccc(Cl)cc2)CC1. The predicted molar refractivity (Wildman–Crippen MR) is 89.0 cm³/mol. The van der Waals surface area contributed by atoms with Crippen molar-refractivity contribution in [1.82, 2.24) is 10.2 Å². The lowest BCUT2D eigenvalue weighted by molar-refractivity contribution is 0.0516. The van der Waals surface area contributed by atoms with Crippen molar-refractivity contribution >= 4 is 17.6 Å². The minimum absolute atomic E-state index is 0.00141. The molecule has 0 radical (unpaired) electrons. The van der Waals surface area contributed by atoms with Crippen LogP contribution in [0.4, 0.5) is 4.79 Å². The average Bonchev–Trinajstić information content (AvgIpc) is 2.55. The Balaban J connectivity index is 1.89. The average molecular weight is 325 g/mol. The van der Waals surface area contributed by atoms with Gasteiger partial charge in [0.15, 0.2) is 0 Å². The number of urea groups is 1. The summed E-state index contributed by atoms with van der Waals surface area (Å²) in [5.74, 6) is 0. The van der Waals surface area contributed by atoms with Gasteiger partial charge < -0.3 is 15.3 Å². The van der Waals surface area contributed by atoms with E-state index in [2.05, 4.69) is 12.2 Å². The topological polar surface area (TPSA) is 52.6 Å². The standard InChI is InChI=1S/C17H25ClN2O2/c1-3-17(12-21)8-10-20(11-9-17)16(22)19-13(2)14-4-6-15(18)7-5-14/h4-7,13,21H,3,8-12H2,1-2H3,(H,19,22). The highest BCUT2D eigenvalue weighted by Crippen LogP contribution is 2.34. The fourth-order valence-electron chi connectivity index (χ4n) is 2.92. The fourth-order valence-corrected chi connectivity index (χ4v) is 3.04. The molecule has 1 aliphatic heterocycles. The number of halogens is 1. The van der Waals surface area contributed by atoms with Crippen molar-refractivity contribution in [2.45, 2.75) is 39.2 Å². The Hall–Kier alpha value is -1.26. The summed E-state index contributed by atoms with van der Waals surface area (Å²) in [4.78, 5) is 14.2. The lowest BCUT2D eigenvalue weighted by Crippen LogP contribution is -2.48. The van der Waals surface area contributed by atoms with Crippen molar-refractivity contribution in [3.63, 3.8) is 0 Å². The molecule has 0 aromatic heterocycles. The van der Waals surface area contributed by atoms with Crippen LogP contribution in [0, 0.1) is 5.41 Å². The van der Waals surface area contributed by atoms with Crippen LogP contribution in [0.25, 0.3) is 0 Å². The van der Waals surface area contributed by atoms with Crippen molar-refractivity contribution in [3.8, 4) is 0 Å². The minimum atomic E-state index is -0.0551. The first-order valence-corrected chi connectivity index (χ1v) is 8.29. The van der Waals surface area contributed by atoms with Crippen molar-refractivity contribution in [2.75, 3.05) is 19.7 Å². The molecule has 5 heteroatoms. The smallest absolute Gasteiger partial charge is 0.317 e. The number of rotatable bonds is 4. The molecule has 0 aliphatic carbocycles. The van der Waals surface area contributed by atoms with Crippen LogP contribution in [-0.4, -0.2) is 35.7 Å². The Morgan fingerprint density at radius 3 is 2.45 bits per heavy atom. The Morgan fingerprint density at radius 2 is 1.95 bits per heavy atom. The van der Waals surface area contributed by atoms with Gasteiger partial charge in [-0.15, -0.1) is 0 Å². The molecule has 1 heterocycles. The fraction of sp³-hybridized carbons (Fsp3) is 0.588. The van der Waals surface area contributed by atoms with Crippen molar-refractivity contribution < 1.29 is 9.90 Å². The first-order valence-electron chi connectivity index (χ1n) is 7.91. The Kier molecular flexibility index (Phi) is 5.70. The number of carbonyl (C=O) groups excluding carboxylic acids is 1. The number of nitrogens with zero attached hydrogens (tertiary/aromatic N) is 1. The second kappa shape index (κ2) is 7.34. The highest BCUT2D eigenvalue weighted by molar-refractivity contribution is 6.30. The summed E-state index contributed by atoms with van der Waals surface area (Å²) in [5.41, 5.74) is 1.03. The first-order chi connectivity index (χ1) is 10.5. The summed E-state index contributed by atoms with van der Waals surface area (Å²) in [7, 11) is 0. The van der Waals surface area contributed by atoms with Crippen molar-refractivity contribution in [3.05, 3.63) is 34.9 Å². The Bertz CT molecular complexity index is 490. The summed E-state index contributed by atoms with van der Waals surface area (Å²) in [6.45, 7) is 5.69.